The Kier molecular flexibility index (Phi) is 6.78. The lowest BCUT2D eigenvalue weighted by molar-refractivity contribution is -0.114. The number of benzene rings is 3. The van der Waals surface area contributed by atoms with Crippen molar-refractivity contribution in [1.82, 2.24) is 0 Å². The maximum Gasteiger partial charge on any atom is 0.343 e. The Bertz CT molecular complexity index is 1380. The maximum absolute atomic E-state index is 13.0. The lowest BCUT2D eigenvalue weighted by Crippen LogP contribution is -2.17. The summed E-state index contributed by atoms with van der Waals surface area (Å²) in [7, 11) is 3.15. The highest BCUT2D eigenvalue weighted by atomic mass is 16.5. The van der Waals surface area contributed by atoms with Crippen LogP contribution in [0, 0.1) is 0 Å². The quantitative estimate of drug-likeness (QED) is 0.285. The fourth-order valence-electron chi connectivity index (χ4n) is 3.85. The number of hydrogen-bond donors (Lipinski definition) is 1. The van der Waals surface area contributed by atoms with Crippen LogP contribution in [0.3, 0.4) is 0 Å². The average molecular weight is 456 g/mol. The van der Waals surface area contributed by atoms with E-state index in [0.717, 1.165) is 11.3 Å². The van der Waals surface area contributed by atoms with Crippen LogP contribution in [0.25, 0.3) is 17.0 Å². The number of allylic oxidation sites excluding steroid dienone is 1. The van der Waals surface area contributed by atoms with E-state index < -0.39 is 11.5 Å². The Morgan fingerprint density at radius 1 is 0.941 bits per heavy atom. The zero-order valence-electron chi connectivity index (χ0n) is 18.9. The molecule has 0 radical (unpaired) electrons. The van der Waals surface area contributed by atoms with Gasteiger partial charge in [-0.3, -0.25) is 4.79 Å². The zero-order valence-corrected chi connectivity index (χ0v) is 18.9. The highest BCUT2D eigenvalue weighted by molar-refractivity contribution is 5.94. The van der Waals surface area contributed by atoms with Crippen molar-refractivity contribution >= 4 is 22.8 Å². The Hall–Kier alpha value is -4.32. The van der Waals surface area contributed by atoms with Crippen LogP contribution >= 0.6 is 0 Å². The third-order valence-corrected chi connectivity index (χ3v) is 5.67. The van der Waals surface area contributed by atoms with E-state index >= 15 is 0 Å². The summed E-state index contributed by atoms with van der Waals surface area (Å²) in [6, 6.07) is 21.1. The van der Waals surface area contributed by atoms with Gasteiger partial charge in [-0.1, -0.05) is 42.5 Å². The fraction of sp³-hybridized carbons (Fsp3) is 0.143. The molecule has 4 rings (SSSR count). The summed E-state index contributed by atoms with van der Waals surface area (Å²) in [5.74, 6) is 0.271. The van der Waals surface area contributed by atoms with E-state index in [-0.39, 0.29) is 29.1 Å². The maximum atomic E-state index is 13.0. The number of methoxy groups -OCH3 is 2. The van der Waals surface area contributed by atoms with E-state index in [2.05, 4.69) is 0 Å². The van der Waals surface area contributed by atoms with Crippen molar-refractivity contribution in [2.75, 3.05) is 14.2 Å². The summed E-state index contributed by atoms with van der Waals surface area (Å²) in [6.45, 7) is 0. The predicted octanol–water partition coefficient (Wildman–Crippen LogP) is 5.32. The van der Waals surface area contributed by atoms with Gasteiger partial charge in [-0.25, -0.2) is 4.79 Å². The van der Waals surface area contributed by atoms with Gasteiger partial charge in [0.1, 0.15) is 22.8 Å². The van der Waals surface area contributed by atoms with Crippen molar-refractivity contribution in [1.29, 1.82) is 0 Å². The molecule has 1 aromatic heterocycles. The van der Waals surface area contributed by atoms with Crippen LogP contribution in [0.2, 0.25) is 0 Å². The molecule has 172 valence electrons. The molecule has 0 saturated heterocycles. The number of para-hydroxylation sites is 1. The molecule has 0 aliphatic carbocycles. The van der Waals surface area contributed by atoms with Crippen LogP contribution in [0.15, 0.2) is 88.1 Å². The molecule has 0 saturated carbocycles. The number of ketones is 1. The third kappa shape index (κ3) is 4.86. The lowest BCUT2D eigenvalue weighted by atomic mass is 9.86. The minimum Gasteiger partial charge on any atom is -0.507 e. The summed E-state index contributed by atoms with van der Waals surface area (Å²) in [5, 5.41) is 11.4. The number of fused-ring (bicyclic) bond motifs is 1. The second-order valence-electron chi connectivity index (χ2n) is 7.75. The zero-order chi connectivity index (χ0) is 24.1. The first-order valence-corrected chi connectivity index (χ1v) is 10.7. The second-order valence-corrected chi connectivity index (χ2v) is 7.75. The summed E-state index contributed by atoms with van der Waals surface area (Å²) in [6.07, 6.45) is 3.14. The molecule has 0 spiro atoms. The van der Waals surface area contributed by atoms with E-state index in [4.69, 9.17) is 13.9 Å². The number of hydrogen-bond acceptors (Lipinski definition) is 6. The summed E-state index contributed by atoms with van der Waals surface area (Å²) in [4.78, 5) is 25.9. The van der Waals surface area contributed by atoms with E-state index in [0.29, 0.717) is 16.7 Å². The molecule has 34 heavy (non-hydrogen) atoms. The lowest BCUT2D eigenvalue weighted by Gasteiger charge is -2.18. The van der Waals surface area contributed by atoms with Crippen LogP contribution in [-0.4, -0.2) is 25.1 Å². The van der Waals surface area contributed by atoms with Gasteiger partial charge in [0.15, 0.2) is 5.78 Å². The topological polar surface area (TPSA) is 86.0 Å². The predicted molar refractivity (Wildman–Crippen MR) is 131 cm³/mol. The Morgan fingerprint density at radius 2 is 1.56 bits per heavy atom. The first-order valence-electron chi connectivity index (χ1n) is 10.7. The van der Waals surface area contributed by atoms with Crippen molar-refractivity contribution in [3.05, 3.63) is 106 Å². The SMILES string of the molecule is COc1ccc(/C=C/C(=O)CC(c2ccc(OC)cc2)c2c(O)c3ccccc3oc2=O)cc1. The van der Waals surface area contributed by atoms with Crippen LogP contribution in [0.1, 0.15) is 29.0 Å². The van der Waals surface area contributed by atoms with Crippen molar-refractivity contribution in [3.8, 4) is 17.2 Å². The summed E-state index contributed by atoms with van der Waals surface area (Å²) < 4.78 is 15.9. The number of carbonyl (C=O) groups excluding carboxylic acids is 1. The molecule has 4 aromatic rings. The third-order valence-electron chi connectivity index (χ3n) is 5.67. The normalized spacial score (nSPS) is 12.1. The molecule has 3 aromatic carbocycles. The first-order chi connectivity index (χ1) is 16.5. The highest BCUT2D eigenvalue weighted by Gasteiger charge is 2.26. The van der Waals surface area contributed by atoms with Crippen LogP contribution in [0.4, 0.5) is 0 Å². The standard InChI is InChI=1S/C28H24O6/c1-32-21-13-8-18(9-14-21)7-12-20(29)17-24(19-10-15-22(33-2)16-11-19)26-27(30)23-5-3-4-6-25(23)34-28(26)31/h3-16,24,30H,17H2,1-2H3/b12-7+. The summed E-state index contributed by atoms with van der Waals surface area (Å²) >= 11 is 0. The van der Waals surface area contributed by atoms with Gasteiger partial charge >= 0.3 is 5.63 Å². The van der Waals surface area contributed by atoms with Gasteiger partial charge in [0.2, 0.25) is 0 Å². The van der Waals surface area contributed by atoms with Gasteiger partial charge in [-0.2, -0.15) is 0 Å². The smallest absolute Gasteiger partial charge is 0.343 e. The molecular formula is C28H24O6. The van der Waals surface area contributed by atoms with E-state index in [1.807, 2.05) is 24.3 Å². The number of carbonyl (C=O) groups is 1. The molecule has 1 N–H and O–H groups in total. The molecule has 0 amide bonds. The molecule has 0 fully saturated rings. The first kappa shape index (κ1) is 22.9. The Morgan fingerprint density at radius 3 is 2.21 bits per heavy atom. The highest BCUT2D eigenvalue weighted by Crippen LogP contribution is 2.36. The van der Waals surface area contributed by atoms with Gasteiger partial charge in [0.25, 0.3) is 0 Å². The van der Waals surface area contributed by atoms with Crippen molar-refractivity contribution in [2.24, 2.45) is 0 Å². The molecule has 0 aliphatic heterocycles. The molecule has 1 unspecified atom stereocenters. The number of rotatable bonds is 8. The van der Waals surface area contributed by atoms with E-state index in [1.165, 1.54) is 6.08 Å². The van der Waals surface area contributed by atoms with E-state index in [1.54, 1.807) is 68.8 Å². The van der Waals surface area contributed by atoms with Gasteiger partial charge in [-0.15, -0.1) is 0 Å². The molecular weight excluding hydrogens is 432 g/mol. The van der Waals surface area contributed by atoms with Crippen molar-refractivity contribution in [3.63, 3.8) is 0 Å². The number of ether oxygens (including phenoxy) is 2. The van der Waals surface area contributed by atoms with Gasteiger partial charge in [0.05, 0.1) is 25.2 Å². The molecule has 6 heteroatoms. The van der Waals surface area contributed by atoms with E-state index in [9.17, 15) is 14.7 Å². The fourth-order valence-corrected chi connectivity index (χ4v) is 3.85. The van der Waals surface area contributed by atoms with Crippen LogP contribution in [-0.2, 0) is 4.79 Å². The molecule has 0 aliphatic rings. The Labute approximate surface area is 196 Å². The van der Waals surface area contributed by atoms with Gasteiger partial charge in [-0.05, 0) is 53.6 Å². The molecule has 1 heterocycles. The molecule has 6 nitrogen and oxygen atoms in total. The van der Waals surface area contributed by atoms with Crippen molar-refractivity contribution in [2.45, 2.75) is 12.3 Å². The minimum atomic E-state index is -0.709. The molecule has 1 atom stereocenters. The largest absolute Gasteiger partial charge is 0.507 e. The Balaban J connectivity index is 1.71. The average Bonchev–Trinajstić information content (AvgIpc) is 2.87. The van der Waals surface area contributed by atoms with Crippen LogP contribution < -0.4 is 15.1 Å². The van der Waals surface area contributed by atoms with Crippen LogP contribution in [0.5, 0.6) is 17.2 Å². The van der Waals surface area contributed by atoms with Gasteiger partial charge < -0.3 is 19.0 Å². The second kappa shape index (κ2) is 10.1. The minimum absolute atomic E-state index is 0.0321. The molecule has 0 bridgehead atoms. The van der Waals surface area contributed by atoms with Gasteiger partial charge in [0, 0.05) is 12.3 Å². The van der Waals surface area contributed by atoms with Crippen molar-refractivity contribution < 1.29 is 23.8 Å². The number of aromatic hydroxyl groups is 1. The monoisotopic (exact) mass is 456 g/mol. The summed E-state index contributed by atoms with van der Waals surface area (Å²) in [5.41, 5.74) is 1.18.